The van der Waals surface area contributed by atoms with Gasteiger partial charge in [0, 0.05) is 18.1 Å². The van der Waals surface area contributed by atoms with Gasteiger partial charge in [-0.25, -0.2) is 0 Å². The van der Waals surface area contributed by atoms with Crippen molar-refractivity contribution in [3.63, 3.8) is 0 Å². The Morgan fingerprint density at radius 3 is 1.80 bits per heavy atom. The van der Waals surface area contributed by atoms with Crippen molar-refractivity contribution >= 4 is 11.5 Å². The Morgan fingerprint density at radius 1 is 0.795 bits per heavy atom. The number of aryl methyl sites for hydroxylation is 1. The zero-order chi connectivity index (χ0) is 31.8. The van der Waals surface area contributed by atoms with Crippen LogP contribution in [-0.2, 0) is 6.42 Å². The number of unbranched alkanes of at least 4 members (excludes halogenated alkanes) is 17. The number of hydrogen-bond donors (Lipinski definition) is 2. The summed E-state index contributed by atoms with van der Waals surface area (Å²) in [6.45, 7) is 2.28. The zero-order valence-corrected chi connectivity index (χ0v) is 26.9. The summed E-state index contributed by atoms with van der Waals surface area (Å²) >= 11 is 0. The number of benzene rings is 2. The minimum atomic E-state index is -1.22. The minimum absolute atomic E-state index is 0.0688. The standard InChI is InChI=1S/C37H55NO6/c1-2-3-4-5-6-7-8-9-10-11-12-13-14-15-16-17-18-19-21-31-24-27-33(28-25-31)44-37(41)23-20-22-35(39)32-26-29-36(40)34(30-32)38(42)43/h20,23-30,37,40-41H,2-19,21-22H2,1H3. The molecule has 0 amide bonds. The molecular weight excluding hydrogens is 554 g/mol. The number of carbonyl (C=O) groups is 1. The molecule has 0 fully saturated rings. The highest BCUT2D eigenvalue weighted by atomic mass is 16.6. The van der Waals surface area contributed by atoms with Gasteiger partial charge in [-0.05, 0) is 48.7 Å². The first-order chi connectivity index (χ1) is 21.4. The molecule has 0 radical (unpaired) electrons. The Morgan fingerprint density at radius 2 is 1.30 bits per heavy atom. The molecule has 0 spiro atoms. The number of nitrogens with zero attached hydrogens (tertiary/aromatic N) is 1. The van der Waals surface area contributed by atoms with Gasteiger partial charge in [0.25, 0.3) is 0 Å². The molecule has 1 atom stereocenters. The first-order valence-corrected chi connectivity index (χ1v) is 17.0. The monoisotopic (exact) mass is 609 g/mol. The summed E-state index contributed by atoms with van der Waals surface area (Å²) in [5, 5.41) is 30.6. The number of aliphatic hydroxyl groups excluding tert-OH is 1. The zero-order valence-electron chi connectivity index (χ0n) is 26.9. The van der Waals surface area contributed by atoms with Crippen molar-refractivity contribution in [2.24, 2.45) is 0 Å². The molecule has 2 aromatic rings. The van der Waals surface area contributed by atoms with Crippen LogP contribution in [0.1, 0.15) is 145 Å². The fourth-order valence-electron chi connectivity index (χ4n) is 5.40. The van der Waals surface area contributed by atoms with Crippen molar-refractivity contribution in [2.75, 3.05) is 0 Å². The molecule has 2 N–H and O–H groups in total. The molecule has 244 valence electrons. The first kappa shape index (κ1) is 37.0. The Kier molecular flexibility index (Phi) is 19.5. The smallest absolute Gasteiger partial charge is 0.311 e. The lowest BCUT2D eigenvalue weighted by Crippen LogP contribution is -2.12. The molecule has 1 unspecified atom stereocenters. The average Bonchev–Trinajstić information content (AvgIpc) is 3.01. The highest BCUT2D eigenvalue weighted by Gasteiger charge is 2.16. The summed E-state index contributed by atoms with van der Waals surface area (Å²) in [6, 6.07) is 11.2. The van der Waals surface area contributed by atoms with E-state index in [1.54, 1.807) is 0 Å². The van der Waals surface area contributed by atoms with E-state index in [2.05, 4.69) is 6.92 Å². The topological polar surface area (TPSA) is 110 Å². The van der Waals surface area contributed by atoms with E-state index in [1.807, 2.05) is 24.3 Å². The van der Waals surface area contributed by atoms with Gasteiger partial charge in [0.1, 0.15) is 5.75 Å². The van der Waals surface area contributed by atoms with Crippen LogP contribution >= 0.6 is 0 Å². The van der Waals surface area contributed by atoms with E-state index in [1.165, 1.54) is 139 Å². The first-order valence-electron chi connectivity index (χ1n) is 17.0. The summed E-state index contributed by atoms with van der Waals surface area (Å²) in [4.78, 5) is 22.5. The number of nitro groups is 1. The van der Waals surface area contributed by atoms with Gasteiger partial charge < -0.3 is 14.9 Å². The maximum atomic E-state index is 12.3. The molecule has 0 bridgehead atoms. The SMILES string of the molecule is CCCCCCCCCCCCCCCCCCCCc1ccc(OC(O)C=CCC(=O)c2ccc(O)c([N+](=O)[O-])c2)cc1. The van der Waals surface area contributed by atoms with E-state index >= 15 is 0 Å². The Bertz CT molecular complexity index is 1100. The fraction of sp³-hybridized carbons (Fsp3) is 0.595. The number of aliphatic hydroxyl groups is 1. The van der Waals surface area contributed by atoms with E-state index in [-0.39, 0.29) is 17.8 Å². The summed E-state index contributed by atoms with van der Waals surface area (Å²) in [5.74, 6) is -0.336. The van der Waals surface area contributed by atoms with Crippen LogP contribution in [0.5, 0.6) is 11.5 Å². The molecule has 2 aromatic carbocycles. The summed E-state index contributed by atoms with van der Waals surface area (Å²) in [6.07, 6.45) is 27.3. The molecule has 0 saturated carbocycles. The number of phenolic OH excluding ortho intramolecular Hbond substituents is 1. The van der Waals surface area contributed by atoms with Crippen LogP contribution in [0.2, 0.25) is 0 Å². The van der Waals surface area contributed by atoms with Crippen molar-refractivity contribution in [3.05, 3.63) is 75.9 Å². The van der Waals surface area contributed by atoms with Crippen LogP contribution in [0.4, 0.5) is 5.69 Å². The molecule has 0 aliphatic heterocycles. The van der Waals surface area contributed by atoms with E-state index in [4.69, 9.17) is 4.74 Å². The fourth-order valence-corrected chi connectivity index (χ4v) is 5.40. The molecule has 0 aliphatic carbocycles. The molecule has 0 aliphatic rings. The quantitative estimate of drug-likeness (QED) is 0.0274. The van der Waals surface area contributed by atoms with Gasteiger partial charge in [-0.3, -0.25) is 14.9 Å². The second-order valence-corrected chi connectivity index (χ2v) is 11.9. The second kappa shape index (κ2) is 23.2. The number of aromatic hydroxyl groups is 1. The van der Waals surface area contributed by atoms with Crippen molar-refractivity contribution in [1.82, 2.24) is 0 Å². The number of Topliss-reactive ketones (excluding diaryl/α,β-unsaturated/α-hetero) is 1. The predicted octanol–water partition coefficient (Wildman–Crippen LogP) is 10.4. The lowest BCUT2D eigenvalue weighted by molar-refractivity contribution is -0.385. The summed E-state index contributed by atoms with van der Waals surface area (Å²) in [7, 11) is 0. The number of ether oxygens (including phenoxy) is 1. The second-order valence-electron chi connectivity index (χ2n) is 11.9. The molecule has 0 heterocycles. The lowest BCUT2D eigenvalue weighted by Gasteiger charge is -2.10. The maximum Gasteiger partial charge on any atom is 0.311 e. The van der Waals surface area contributed by atoms with Gasteiger partial charge >= 0.3 is 5.69 Å². The molecule has 0 aromatic heterocycles. The third-order valence-corrected chi connectivity index (χ3v) is 8.10. The van der Waals surface area contributed by atoms with Crippen LogP contribution in [0.25, 0.3) is 0 Å². The number of allylic oxidation sites excluding steroid dienone is 1. The number of hydrogen-bond acceptors (Lipinski definition) is 6. The molecule has 44 heavy (non-hydrogen) atoms. The predicted molar refractivity (Wildman–Crippen MR) is 178 cm³/mol. The Labute approximate surface area is 264 Å². The van der Waals surface area contributed by atoms with Crippen LogP contribution < -0.4 is 4.74 Å². The van der Waals surface area contributed by atoms with Crippen LogP contribution in [-0.4, -0.2) is 27.2 Å². The normalized spacial score (nSPS) is 12.0. The number of ketones is 1. The largest absolute Gasteiger partial charge is 0.502 e. The summed E-state index contributed by atoms with van der Waals surface area (Å²) < 4.78 is 5.50. The number of rotatable bonds is 26. The van der Waals surface area contributed by atoms with Gasteiger partial charge in [0.05, 0.1) is 4.92 Å². The van der Waals surface area contributed by atoms with E-state index in [0.29, 0.717) is 5.75 Å². The Balaban J connectivity index is 1.47. The molecule has 0 saturated heterocycles. The van der Waals surface area contributed by atoms with Crippen molar-refractivity contribution in [1.29, 1.82) is 0 Å². The van der Waals surface area contributed by atoms with E-state index in [0.717, 1.165) is 18.6 Å². The molecular formula is C37H55NO6. The van der Waals surface area contributed by atoms with Crippen LogP contribution in [0.15, 0.2) is 54.6 Å². The highest BCUT2D eigenvalue weighted by Crippen LogP contribution is 2.27. The maximum absolute atomic E-state index is 12.3. The summed E-state index contributed by atoms with van der Waals surface area (Å²) in [5.41, 5.74) is 0.833. The van der Waals surface area contributed by atoms with Gasteiger partial charge in [-0.15, -0.1) is 0 Å². The molecule has 7 nitrogen and oxygen atoms in total. The number of carbonyl (C=O) groups excluding carboxylic acids is 1. The lowest BCUT2D eigenvalue weighted by atomic mass is 10.0. The molecule has 2 rings (SSSR count). The minimum Gasteiger partial charge on any atom is -0.502 e. The Hall–Kier alpha value is -3.19. The van der Waals surface area contributed by atoms with Crippen molar-refractivity contribution < 1.29 is 24.7 Å². The third kappa shape index (κ3) is 16.6. The van der Waals surface area contributed by atoms with Crippen LogP contribution in [0, 0.1) is 10.1 Å². The number of nitro benzene ring substituents is 1. The van der Waals surface area contributed by atoms with E-state index in [9.17, 15) is 25.1 Å². The van der Waals surface area contributed by atoms with Crippen LogP contribution in [0.3, 0.4) is 0 Å². The van der Waals surface area contributed by atoms with Crippen molar-refractivity contribution in [2.45, 2.75) is 142 Å². The van der Waals surface area contributed by atoms with Gasteiger partial charge in [-0.2, -0.15) is 0 Å². The molecule has 7 heteroatoms. The van der Waals surface area contributed by atoms with Gasteiger partial charge in [-0.1, -0.05) is 134 Å². The van der Waals surface area contributed by atoms with Gasteiger partial charge in [0.2, 0.25) is 6.29 Å². The van der Waals surface area contributed by atoms with Gasteiger partial charge in [0.15, 0.2) is 11.5 Å². The van der Waals surface area contributed by atoms with Crippen molar-refractivity contribution in [3.8, 4) is 11.5 Å². The number of phenols is 1. The van der Waals surface area contributed by atoms with E-state index < -0.39 is 22.7 Å². The highest BCUT2D eigenvalue weighted by molar-refractivity contribution is 5.97. The average molecular weight is 610 g/mol. The third-order valence-electron chi connectivity index (χ3n) is 8.10.